The van der Waals surface area contributed by atoms with Gasteiger partial charge in [0.05, 0.1) is 5.02 Å². The molecular weight excluding hydrogens is 389 g/mol. The monoisotopic (exact) mass is 407 g/mol. The first-order chi connectivity index (χ1) is 12.7. The van der Waals surface area contributed by atoms with Crippen LogP contribution < -0.4 is 0 Å². The molecule has 0 saturated carbocycles. The van der Waals surface area contributed by atoms with Crippen LogP contribution >= 0.6 is 23.2 Å². The van der Waals surface area contributed by atoms with Crippen LogP contribution in [0.15, 0.2) is 48.0 Å². The van der Waals surface area contributed by atoms with Crippen LogP contribution in [0.25, 0.3) is 5.76 Å². The van der Waals surface area contributed by atoms with Crippen LogP contribution in [-0.4, -0.2) is 36.0 Å². The lowest BCUT2D eigenvalue weighted by Gasteiger charge is -2.19. The molecule has 1 N–H and O–H groups in total. The Labute approximate surface area is 167 Å². The minimum Gasteiger partial charge on any atom is -0.487 e. The van der Waals surface area contributed by atoms with Gasteiger partial charge in [0.25, 0.3) is 5.91 Å². The summed E-state index contributed by atoms with van der Waals surface area (Å²) in [6.45, 7) is 1.78. The molecule has 27 heavy (non-hydrogen) atoms. The Balaban J connectivity index is 2.63. The van der Waals surface area contributed by atoms with Gasteiger partial charge in [-0.15, -0.1) is 0 Å². The zero-order valence-corrected chi connectivity index (χ0v) is 16.6. The van der Waals surface area contributed by atoms with Crippen molar-refractivity contribution >= 4 is 40.8 Å². The number of likely N-dealkylation sites (N-methyl/N-ethyl adjacent to an activating group) is 1. The summed E-state index contributed by atoms with van der Waals surface area (Å²) in [6, 6.07) is 12.3. The second-order valence-electron chi connectivity index (χ2n) is 6.02. The number of nitrogens with zero attached hydrogens (tertiary/aromatic N) is 1. The Morgan fingerprint density at radius 1 is 1.07 bits per heavy atom. The highest BCUT2D eigenvalue weighted by molar-refractivity contribution is 6.37. The molecule has 0 aromatic heterocycles. The van der Waals surface area contributed by atoms with E-state index in [0.29, 0.717) is 16.1 Å². The molecule has 0 bridgehead atoms. The minimum atomic E-state index is -1.40. The molecule has 0 fully saturated rings. The first-order valence-electron chi connectivity index (χ1n) is 8.05. The summed E-state index contributed by atoms with van der Waals surface area (Å²) in [4.78, 5) is 25.6. The van der Waals surface area contributed by atoms with Gasteiger partial charge in [0.2, 0.25) is 0 Å². The van der Waals surface area contributed by atoms with Gasteiger partial charge in [-0.3, -0.25) is 4.79 Å². The standard InChI is InChI=1S/C20H19Cl2NO4/c1-12-15(21)10-9-14(17(12)22)18(16(20(25)26)19(24)23(2)3)27-11-13-7-5-4-6-8-13/h4-10H,11H2,1-3H3,(H,25,26). The van der Waals surface area contributed by atoms with Gasteiger partial charge in [-0.2, -0.15) is 0 Å². The van der Waals surface area contributed by atoms with E-state index >= 15 is 0 Å². The van der Waals surface area contributed by atoms with Crippen LogP contribution in [0.1, 0.15) is 16.7 Å². The SMILES string of the molecule is Cc1c(Cl)ccc(C(OCc2ccccc2)=C(C(=O)O)C(=O)N(C)C)c1Cl. The first kappa shape index (κ1) is 20.8. The van der Waals surface area contributed by atoms with Crippen LogP contribution in [0, 0.1) is 6.92 Å². The van der Waals surface area contributed by atoms with E-state index in [1.54, 1.807) is 19.1 Å². The third-order valence-corrected chi connectivity index (χ3v) is 4.75. The molecular formula is C20H19Cl2NO4. The smallest absolute Gasteiger partial charge is 0.345 e. The van der Waals surface area contributed by atoms with E-state index in [2.05, 4.69) is 0 Å². The predicted octanol–water partition coefficient (Wildman–Crippen LogP) is 4.40. The van der Waals surface area contributed by atoms with Gasteiger partial charge < -0.3 is 14.7 Å². The summed E-state index contributed by atoms with van der Waals surface area (Å²) in [7, 11) is 2.93. The number of carboxylic acid groups (broad SMARTS) is 1. The molecule has 7 heteroatoms. The Morgan fingerprint density at radius 2 is 1.70 bits per heavy atom. The van der Waals surface area contributed by atoms with Crippen molar-refractivity contribution in [2.75, 3.05) is 14.1 Å². The van der Waals surface area contributed by atoms with Crippen molar-refractivity contribution in [2.24, 2.45) is 0 Å². The van der Waals surface area contributed by atoms with Crippen molar-refractivity contribution in [2.45, 2.75) is 13.5 Å². The second-order valence-corrected chi connectivity index (χ2v) is 6.80. The molecule has 0 atom stereocenters. The van der Waals surface area contributed by atoms with Crippen molar-refractivity contribution in [1.29, 1.82) is 0 Å². The lowest BCUT2D eigenvalue weighted by atomic mass is 10.0. The van der Waals surface area contributed by atoms with E-state index in [-0.39, 0.29) is 17.4 Å². The molecule has 0 aliphatic heterocycles. The van der Waals surface area contributed by atoms with Crippen molar-refractivity contribution in [1.82, 2.24) is 4.90 Å². The Morgan fingerprint density at radius 3 is 2.26 bits per heavy atom. The quantitative estimate of drug-likeness (QED) is 0.333. The number of carboxylic acids is 1. The van der Waals surface area contributed by atoms with E-state index in [0.717, 1.165) is 5.56 Å². The molecule has 0 heterocycles. The molecule has 0 unspecified atom stereocenters. The van der Waals surface area contributed by atoms with Gasteiger partial charge in [0.1, 0.15) is 12.4 Å². The maximum atomic E-state index is 12.5. The van der Waals surface area contributed by atoms with Gasteiger partial charge in [-0.25, -0.2) is 4.79 Å². The van der Waals surface area contributed by atoms with Crippen molar-refractivity contribution in [3.05, 3.63) is 74.8 Å². The van der Waals surface area contributed by atoms with Gasteiger partial charge in [0, 0.05) is 24.7 Å². The molecule has 2 aromatic rings. The predicted molar refractivity (Wildman–Crippen MR) is 106 cm³/mol. The lowest BCUT2D eigenvalue weighted by molar-refractivity contribution is -0.136. The van der Waals surface area contributed by atoms with E-state index in [1.165, 1.54) is 19.0 Å². The molecule has 0 saturated heterocycles. The number of ether oxygens (including phenoxy) is 1. The first-order valence-corrected chi connectivity index (χ1v) is 8.80. The minimum absolute atomic E-state index is 0.0751. The average molecular weight is 408 g/mol. The third-order valence-electron chi connectivity index (χ3n) is 3.85. The number of carbonyl (C=O) groups is 2. The number of hydrogen-bond acceptors (Lipinski definition) is 3. The Hall–Kier alpha value is -2.50. The van der Waals surface area contributed by atoms with Gasteiger partial charge in [-0.05, 0) is 30.2 Å². The Kier molecular flexibility index (Phi) is 6.88. The molecule has 2 aromatic carbocycles. The molecule has 0 spiro atoms. The average Bonchev–Trinajstić information content (AvgIpc) is 2.63. The molecule has 0 radical (unpaired) electrons. The fraction of sp³-hybridized carbons (Fsp3) is 0.200. The maximum Gasteiger partial charge on any atom is 0.345 e. The van der Waals surface area contributed by atoms with Crippen molar-refractivity contribution < 1.29 is 19.4 Å². The number of rotatable bonds is 6. The highest BCUT2D eigenvalue weighted by Gasteiger charge is 2.28. The summed E-state index contributed by atoms with van der Waals surface area (Å²) in [5, 5.41) is 10.3. The zero-order chi connectivity index (χ0) is 20.1. The fourth-order valence-electron chi connectivity index (χ4n) is 2.36. The van der Waals surface area contributed by atoms with Gasteiger partial charge in [-0.1, -0.05) is 53.5 Å². The molecule has 0 aliphatic rings. The van der Waals surface area contributed by atoms with Crippen molar-refractivity contribution in [3.63, 3.8) is 0 Å². The van der Waals surface area contributed by atoms with Crippen LogP contribution in [-0.2, 0) is 20.9 Å². The van der Waals surface area contributed by atoms with Crippen LogP contribution in [0.3, 0.4) is 0 Å². The molecule has 5 nitrogen and oxygen atoms in total. The van der Waals surface area contributed by atoms with E-state index in [1.807, 2.05) is 30.3 Å². The number of halogens is 2. The fourth-order valence-corrected chi connectivity index (χ4v) is 2.82. The molecule has 142 valence electrons. The Bertz CT molecular complexity index is 892. The van der Waals surface area contributed by atoms with E-state index < -0.39 is 17.4 Å². The molecule has 0 aliphatic carbocycles. The number of amides is 1. The molecule has 1 amide bonds. The summed E-state index contributed by atoms with van der Waals surface area (Å²) in [5.74, 6) is -2.20. The number of aliphatic carboxylic acids is 1. The van der Waals surface area contributed by atoms with Gasteiger partial charge >= 0.3 is 5.97 Å². The van der Waals surface area contributed by atoms with Crippen LogP contribution in [0.5, 0.6) is 0 Å². The van der Waals surface area contributed by atoms with Crippen LogP contribution in [0.4, 0.5) is 0 Å². The van der Waals surface area contributed by atoms with Crippen molar-refractivity contribution in [3.8, 4) is 0 Å². The zero-order valence-electron chi connectivity index (χ0n) is 15.1. The highest BCUT2D eigenvalue weighted by Crippen LogP contribution is 2.34. The highest BCUT2D eigenvalue weighted by atomic mass is 35.5. The third kappa shape index (κ3) is 4.81. The normalized spacial score (nSPS) is 11.6. The summed E-state index contributed by atoms with van der Waals surface area (Å²) in [5.41, 5.74) is 1.18. The summed E-state index contributed by atoms with van der Waals surface area (Å²) in [6.07, 6.45) is 0. The van der Waals surface area contributed by atoms with Gasteiger partial charge in [0.15, 0.2) is 5.57 Å². The molecule has 2 rings (SSSR count). The van der Waals surface area contributed by atoms with Crippen LogP contribution in [0.2, 0.25) is 10.0 Å². The second kappa shape index (κ2) is 8.93. The largest absolute Gasteiger partial charge is 0.487 e. The van der Waals surface area contributed by atoms with E-state index in [4.69, 9.17) is 27.9 Å². The van der Waals surface area contributed by atoms with E-state index in [9.17, 15) is 14.7 Å². The lowest BCUT2D eigenvalue weighted by Crippen LogP contribution is -2.28. The topological polar surface area (TPSA) is 66.8 Å². The number of carbonyl (C=O) groups excluding carboxylic acids is 1. The number of hydrogen-bond donors (Lipinski definition) is 1. The summed E-state index contributed by atoms with van der Waals surface area (Å²) < 4.78 is 5.81. The maximum absolute atomic E-state index is 12.5. The summed E-state index contributed by atoms with van der Waals surface area (Å²) >= 11 is 12.5. The number of benzene rings is 2.